The molecule has 1 aromatic rings. The minimum Gasteiger partial charge on any atom is -0.377 e. The highest BCUT2D eigenvalue weighted by Crippen LogP contribution is 2.41. The van der Waals surface area contributed by atoms with E-state index in [0.29, 0.717) is 18.6 Å². The molecule has 2 N–H and O–H groups in total. The van der Waals surface area contributed by atoms with Crippen LogP contribution in [0.25, 0.3) is 0 Å². The third-order valence-corrected chi connectivity index (χ3v) is 5.59. The van der Waals surface area contributed by atoms with Gasteiger partial charge < -0.3 is 10.4 Å². The topological polar surface area (TPSA) is 52.6 Å². The number of rotatable bonds is 5. The Bertz CT molecular complexity index is 546. The van der Waals surface area contributed by atoms with E-state index in [9.17, 15) is 9.90 Å². The molecule has 2 fully saturated rings. The minimum atomic E-state index is -1.34. The van der Waals surface area contributed by atoms with Gasteiger partial charge in [-0.2, -0.15) is 0 Å². The second-order valence-electron chi connectivity index (χ2n) is 7.70. The summed E-state index contributed by atoms with van der Waals surface area (Å²) in [7, 11) is 0. The minimum absolute atomic E-state index is 0.0399. The molecule has 0 radical (unpaired) electrons. The third-order valence-electron chi connectivity index (χ3n) is 5.59. The summed E-state index contributed by atoms with van der Waals surface area (Å²) in [6.07, 6.45) is 4.08. The van der Waals surface area contributed by atoms with E-state index in [1.54, 1.807) is 0 Å². The van der Waals surface area contributed by atoms with Crippen molar-refractivity contribution in [2.45, 2.75) is 57.2 Å². The van der Waals surface area contributed by atoms with E-state index in [2.05, 4.69) is 24.1 Å². The quantitative estimate of drug-likeness (QED) is 0.870. The Labute approximate surface area is 145 Å². The fraction of sp³-hybridized carbons (Fsp3) is 0.650. The van der Waals surface area contributed by atoms with Gasteiger partial charge in [0.05, 0.1) is 6.54 Å². The zero-order chi connectivity index (χ0) is 17.2. The highest BCUT2D eigenvalue weighted by atomic mass is 16.3. The number of carbonyl (C=O) groups excluding carboxylic acids is 1. The molecule has 132 valence electrons. The molecule has 0 aromatic heterocycles. The van der Waals surface area contributed by atoms with Gasteiger partial charge >= 0.3 is 0 Å². The molecule has 1 aromatic carbocycles. The van der Waals surface area contributed by atoms with Crippen molar-refractivity contribution in [1.29, 1.82) is 0 Å². The Morgan fingerprint density at radius 2 is 1.75 bits per heavy atom. The van der Waals surface area contributed by atoms with Crippen LogP contribution in [0.3, 0.4) is 0 Å². The standard InChI is InChI=1S/C20H30N2O2/c1-15-12-22(13-16(2)21-15)14-19(23)20(24,18-10-6-7-11-18)17-8-4-3-5-9-17/h3-5,8-9,15-16,18,21,24H,6-7,10-14H2,1-2H3. The van der Waals surface area contributed by atoms with Crippen molar-refractivity contribution in [3.63, 3.8) is 0 Å². The average molecular weight is 330 g/mol. The van der Waals surface area contributed by atoms with E-state index in [1.807, 2.05) is 30.3 Å². The lowest BCUT2D eigenvalue weighted by Crippen LogP contribution is -2.57. The van der Waals surface area contributed by atoms with Crippen molar-refractivity contribution in [1.82, 2.24) is 10.2 Å². The molecule has 24 heavy (non-hydrogen) atoms. The lowest BCUT2D eigenvalue weighted by molar-refractivity contribution is -0.146. The maximum absolute atomic E-state index is 13.2. The highest BCUT2D eigenvalue weighted by molar-refractivity contribution is 5.90. The van der Waals surface area contributed by atoms with Crippen LogP contribution in [0.4, 0.5) is 0 Å². The molecule has 4 nitrogen and oxygen atoms in total. The Kier molecular flexibility index (Phi) is 5.38. The Morgan fingerprint density at radius 3 is 2.33 bits per heavy atom. The van der Waals surface area contributed by atoms with Gasteiger partial charge in [-0.15, -0.1) is 0 Å². The summed E-state index contributed by atoms with van der Waals surface area (Å²) in [6.45, 7) is 6.33. The highest BCUT2D eigenvalue weighted by Gasteiger charge is 2.46. The van der Waals surface area contributed by atoms with Gasteiger partial charge in [0.25, 0.3) is 0 Å². The van der Waals surface area contributed by atoms with E-state index in [-0.39, 0.29) is 11.7 Å². The molecular formula is C20H30N2O2. The van der Waals surface area contributed by atoms with Gasteiger partial charge in [0.2, 0.25) is 0 Å². The largest absolute Gasteiger partial charge is 0.377 e. The normalized spacial score (nSPS) is 28.6. The monoisotopic (exact) mass is 330 g/mol. The predicted molar refractivity (Wildman–Crippen MR) is 95.8 cm³/mol. The van der Waals surface area contributed by atoms with E-state index in [4.69, 9.17) is 0 Å². The molecule has 0 spiro atoms. The first kappa shape index (κ1) is 17.6. The summed E-state index contributed by atoms with van der Waals surface area (Å²) in [5.41, 5.74) is -0.576. The van der Waals surface area contributed by atoms with Crippen LogP contribution in [0.1, 0.15) is 45.1 Å². The van der Waals surface area contributed by atoms with Crippen molar-refractivity contribution in [3.8, 4) is 0 Å². The van der Waals surface area contributed by atoms with Crippen LogP contribution in [0.15, 0.2) is 30.3 Å². The Balaban J connectivity index is 1.81. The van der Waals surface area contributed by atoms with Crippen molar-refractivity contribution in [2.24, 2.45) is 5.92 Å². The number of carbonyl (C=O) groups is 1. The zero-order valence-corrected chi connectivity index (χ0v) is 14.9. The number of Topliss-reactive ketones (excluding diaryl/α,β-unsaturated/α-hetero) is 1. The number of hydrogen-bond acceptors (Lipinski definition) is 4. The van der Waals surface area contributed by atoms with Crippen LogP contribution in [0.5, 0.6) is 0 Å². The van der Waals surface area contributed by atoms with Crippen molar-refractivity contribution in [2.75, 3.05) is 19.6 Å². The van der Waals surface area contributed by atoms with Crippen molar-refractivity contribution >= 4 is 5.78 Å². The van der Waals surface area contributed by atoms with E-state index in [0.717, 1.165) is 44.3 Å². The number of nitrogens with one attached hydrogen (secondary N) is 1. The Hall–Kier alpha value is -1.23. The lowest BCUT2D eigenvalue weighted by Gasteiger charge is -2.39. The molecule has 4 heteroatoms. The number of nitrogens with zero attached hydrogens (tertiary/aromatic N) is 1. The summed E-state index contributed by atoms with van der Waals surface area (Å²) < 4.78 is 0. The van der Waals surface area contributed by atoms with Gasteiger partial charge in [-0.1, -0.05) is 43.2 Å². The van der Waals surface area contributed by atoms with Gasteiger partial charge in [0, 0.05) is 25.2 Å². The van der Waals surface area contributed by atoms with Crippen molar-refractivity contribution < 1.29 is 9.90 Å². The van der Waals surface area contributed by atoms with Crippen LogP contribution >= 0.6 is 0 Å². The molecule has 0 amide bonds. The average Bonchev–Trinajstić information content (AvgIpc) is 3.08. The summed E-state index contributed by atoms with van der Waals surface area (Å²) >= 11 is 0. The molecule has 1 aliphatic heterocycles. The predicted octanol–water partition coefficient (Wildman–Crippen LogP) is 2.32. The summed E-state index contributed by atoms with van der Waals surface area (Å²) in [5, 5.41) is 15.0. The van der Waals surface area contributed by atoms with Crippen LogP contribution < -0.4 is 5.32 Å². The molecule has 1 aliphatic carbocycles. The number of benzene rings is 1. The van der Waals surface area contributed by atoms with Gasteiger partial charge in [-0.25, -0.2) is 0 Å². The molecule has 3 atom stereocenters. The smallest absolute Gasteiger partial charge is 0.183 e. The molecule has 1 saturated heterocycles. The number of ketones is 1. The molecule has 1 heterocycles. The molecule has 2 aliphatic rings. The van der Waals surface area contributed by atoms with Crippen molar-refractivity contribution in [3.05, 3.63) is 35.9 Å². The number of aliphatic hydroxyl groups is 1. The second-order valence-corrected chi connectivity index (χ2v) is 7.70. The maximum atomic E-state index is 13.2. The van der Waals surface area contributed by atoms with Crippen LogP contribution in [0, 0.1) is 5.92 Å². The number of piperazine rings is 1. The first-order chi connectivity index (χ1) is 11.5. The third kappa shape index (κ3) is 3.56. The van der Waals surface area contributed by atoms with Gasteiger partial charge in [0.1, 0.15) is 0 Å². The summed E-state index contributed by atoms with van der Waals surface area (Å²) in [4.78, 5) is 15.4. The fourth-order valence-corrected chi connectivity index (χ4v) is 4.55. The lowest BCUT2D eigenvalue weighted by atomic mass is 9.76. The molecule has 1 saturated carbocycles. The first-order valence-electron chi connectivity index (χ1n) is 9.29. The molecular weight excluding hydrogens is 300 g/mol. The molecule has 3 unspecified atom stereocenters. The van der Waals surface area contributed by atoms with Gasteiger partial charge in [-0.05, 0) is 38.2 Å². The van der Waals surface area contributed by atoms with E-state index < -0.39 is 5.60 Å². The van der Waals surface area contributed by atoms with E-state index >= 15 is 0 Å². The number of hydrogen-bond donors (Lipinski definition) is 2. The van der Waals surface area contributed by atoms with Gasteiger partial charge in [-0.3, -0.25) is 9.69 Å². The summed E-state index contributed by atoms with van der Waals surface area (Å²) in [5.74, 6) is 0.00654. The van der Waals surface area contributed by atoms with Crippen LogP contribution in [-0.2, 0) is 10.4 Å². The fourth-order valence-electron chi connectivity index (χ4n) is 4.55. The zero-order valence-electron chi connectivity index (χ0n) is 14.9. The SMILES string of the molecule is CC1CN(CC(=O)C(O)(c2ccccc2)C2CCCC2)CC(C)N1. The second kappa shape index (κ2) is 7.34. The van der Waals surface area contributed by atoms with Crippen LogP contribution in [0.2, 0.25) is 0 Å². The van der Waals surface area contributed by atoms with Crippen LogP contribution in [-0.4, -0.2) is 47.5 Å². The molecule has 3 rings (SSSR count). The van der Waals surface area contributed by atoms with E-state index in [1.165, 1.54) is 0 Å². The summed E-state index contributed by atoms with van der Waals surface area (Å²) in [6, 6.07) is 10.3. The first-order valence-corrected chi connectivity index (χ1v) is 9.29. The maximum Gasteiger partial charge on any atom is 0.183 e. The molecule has 0 bridgehead atoms. The van der Waals surface area contributed by atoms with Gasteiger partial charge in [0.15, 0.2) is 11.4 Å². The Morgan fingerprint density at radius 1 is 1.17 bits per heavy atom.